The Morgan fingerprint density at radius 1 is 1.44 bits per heavy atom. The van der Waals surface area contributed by atoms with Gasteiger partial charge in [0.25, 0.3) is 0 Å². The number of carboxylic acids is 1. The summed E-state index contributed by atoms with van der Waals surface area (Å²) >= 11 is 1.66. The van der Waals surface area contributed by atoms with E-state index in [1.165, 1.54) is 0 Å². The SMILES string of the molecule is CCSC(C(=O)N1CCC[C@H](C(=O)O)C1)C(C)C. The van der Waals surface area contributed by atoms with E-state index < -0.39 is 5.97 Å². The molecule has 0 aromatic heterocycles. The van der Waals surface area contributed by atoms with Crippen molar-refractivity contribution in [3.8, 4) is 0 Å². The van der Waals surface area contributed by atoms with Crippen molar-refractivity contribution in [1.82, 2.24) is 4.90 Å². The molecule has 4 nitrogen and oxygen atoms in total. The minimum Gasteiger partial charge on any atom is -0.481 e. The number of hydrogen-bond acceptors (Lipinski definition) is 3. The zero-order chi connectivity index (χ0) is 13.7. The lowest BCUT2D eigenvalue weighted by Gasteiger charge is -2.34. The summed E-state index contributed by atoms with van der Waals surface area (Å²) in [6.07, 6.45) is 1.48. The maximum Gasteiger partial charge on any atom is 0.308 e. The molecule has 1 saturated heterocycles. The van der Waals surface area contributed by atoms with E-state index in [1.807, 2.05) is 20.8 Å². The van der Waals surface area contributed by atoms with Crippen LogP contribution in [0.2, 0.25) is 0 Å². The number of piperidine rings is 1. The molecule has 0 saturated carbocycles. The van der Waals surface area contributed by atoms with E-state index >= 15 is 0 Å². The van der Waals surface area contributed by atoms with E-state index in [1.54, 1.807) is 16.7 Å². The molecule has 1 aliphatic rings. The van der Waals surface area contributed by atoms with Crippen molar-refractivity contribution in [3.63, 3.8) is 0 Å². The molecule has 1 aliphatic heterocycles. The van der Waals surface area contributed by atoms with Crippen LogP contribution in [0.1, 0.15) is 33.6 Å². The Bertz CT molecular complexity index is 307. The second kappa shape index (κ2) is 7.02. The van der Waals surface area contributed by atoms with Crippen molar-refractivity contribution in [2.75, 3.05) is 18.8 Å². The molecule has 0 aromatic rings. The maximum atomic E-state index is 12.4. The summed E-state index contributed by atoms with van der Waals surface area (Å²) < 4.78 is 0. The van der Waals surface area contributed by atoms with Crippen LogP contribution < -0.4 is 0 Å². The average Bonchev–Trinajstić information content (AvgIpc) is 2.35. The number of likely N-dealkylation sites (tertiary alicyclic amines) is 1. The molecule has 104 valence electrons. The summed E-state index contributed by atoms with van der Waals surface area (Å²) in [6, 6.07) is 0. The number of carbonyl (C=O) groups excluding carboxylic acids is 1. The molecule has 1 unspecified atom stereocenters. The van der Waals surface area contributed by atoms with Gasteiger partial charge in [-0.05, 0) is 24.5 Å². The molecule has 1 amide bonds. The fourth-order valence-corrected chi connectivity index (χ4v) is 3.32. The van der Waals surface area contributed by atoms with Gasteiger partial charge in [-0.3, -0.25) is 9.59 Å². The van der Waals surface area contributed by atoms with Crippen molar-refractivity contribution in [2.45, 2.75) is 38.9 Å². The zero-order valence-corrected chi connectivity index (χ0v) is 12.2. The molecule has 0 aliphatic carbocycles. The third kappa shape index (κ3) is 3.90. The summed E-state index contributed by atoms with van der Waals surface area (Å²) in [5.41, 5.74) is 0. The van der Waals surface area contributed by atoms with Gasteiger partial charge in [-0.15, -0.1) is 11.8 Å². The minimum atomic E-state index is -0.781. The minimum absolute atomic E-state index is 0.0393. The second-order valence-electron chi connectivity index (χ2n) is 5.08. The van der Waals surface area contributed by atoms with Crippen LogP contribution in [0.3, 0.4) is 0 Å². The van der Waals surface area contributed by atoms with Gasteiger partial charge in [0.15, 0.2) is 0 Å². The molecule has 1 fully saturated rings. The first-order chi connectivity index (χ1) is 8.47. The fraction of sp³-hybridized carbons (Fsp3) is 0.846. The highest BCUT2D eigenvalue weighted by Crippen LogP contribution is 2.25. The number of carbonyl (C=O) groups is 2. The topological polar surface area (TPSA) is 57.6 Å². The quantitative estimate of drug-likeness (QED) is 0.833. The lowest BCUT2D eigenvalue weighted by atomic mass is 9.97. The highest BCUT2D eigenvalue weighted by atomic mass is 32.2. The summed E-state index contributed by atoms with van der Waals surface area (Å²) in [4.78, 5) is 25.2. The molecule has 5 heteroatoms. The molecule has 1 rings (SSSR count). The van der Waals surface area contributed by atoms with Crippen LogP contribution in [0.5, 0.6) is 0 Å². The molecule has 0 aromatic carbocycles. The van der Waals surface area contributed by atoms with Crippen LogP contribution >= 0.6 is 11.8 Å². The van der Waals surface area contributed by atoms with E-state index in [0.29, 0.717) is 19.5 Å². The highest BCUT2D eigenvalue weighted by Gasteiger charge is 2.32. The Kier molecular flexibility index (Phi) is 5.99. The fourth-order valence-electron chi connectivity index (χ4n) is 2.29. The van der Waals surface area contributed by atoms with Crippen LogP contribution in [-0.2, 0) is 9.59 Å². The summed E-state index contributed by atoms with van der Waals surface area (Å²) in [5, 5.41) is 9.01. The smallest absolute Gasteiger partial charge is 0.308 e. The first-order valence-electron chi connectivity index (χ1n) is 6.60. The number of thioether (sulfide) groups is 1. The normalized spacial score (nSPS) is 22.0. The molecular weight excluding hydrogens is 250 g/mol. The summed E-state index contributed by atoms with van der Waals surface area (Å²) in [5.74, 6) is 0.138. The second-order valence-corrected chi connectivity index (χ2v) is 6.50. The Morgan fingerprint density at radius 2 is 2.11 bits per heavy atom. The number of amides is 1. The van der Waals surface area contributed by atoms with Crippen molar-refractivity contribution in [3.05, 3.63) is 0 Å². The largest absolute Gasteiger partial charge is 0.481 e. The number of carboxylic acid groups (broad SMARTS) is 1. The predicted octanol–water partition coefficient (Wildman–Crippen LogP) is 2.09. The molecule has 2 atom stereocenters. The Balaban J connectivity index is 2.66. The lowest BCUT2D eigenvalue weighted by Crippen LogP contribution is -2.47. The third-order valence-corrected chi connectivity index (χ3v) is 4.72. The van der Waals surface area contributed by atoms with Gasteiger partial charge in [0, 0.05) is 13.1 Å². The van der Waals surface area contributed by atoms with Gasteiger partial charge in [-0.25, -0.2) is 0 Å². The number of aliphatic carboxylic acids is 1. The highest BCUT2D eigenvalue weighted by molar-refractivity contribution is 8.00. The molecular formula is C13H23NO3S. The van der Waals surface area contributed by atoms with Crippen LogP contribution in [0.25, 0.3) is 0 Å². The van der Waals surface area contributed by atoms with E-state index in [0.717, 1.165) is 12.2 Å². The number of hydrogen-bond donors (Lipinski definition) is 1. The average molecular weight is 273 g/mol. The molecule has 1 N–H and O–H groups in total. The van der Waals surface area contributed by atoms with Gasteiger partial charge in [0.05, 0.1) is 11.2 Å². The molecule has 1 heterocycles. The van der Waals surface area contributed by atoms with Gasteiger partial charge in [-0.1, -0.05) is 20.8 Å². The Hall–Kier alpha value is -0.710. The van der Waals surface area contributed by atoms with Gasteiger partial charge in [-0.2, -0.15) is 0 Å². The zero-order valence-electron chi connectivity index (χ0n) is 11.4. The van der Waals surface area contributed by atoms with E-state index in [-0.39, 0.29) is 23.0 Å². The first-order valence-corrected chi connectivity index (χ1v) is 7.65. The Morgan fingerprint density at radius 3 is 2.61 bits per heavy atom. The molecule has 18 heavy (non-hydrogen) atoms. The van der Waals surface area contributed by atoms with E-state index in [9.17, 15) is 9.59 Å². The summed E-state index contributed by atoms with van der Waals surface area (Å²) in [6.45, 7) is 7.22. The van der Waals surface area contributed by atoms with Crippen LogP contribution in [-0.4, -0.2) is 46.0 Å². The van der Waals surface area contributed by atoms with Crippen LogP contribution in [0, 0.1) is 11.8 Å². The third-order valence-electron chi connectivity index (χ3n) is 3.28. The lowest BCUT2D eigenvalue weighted by molar-refractivity contribution is -0.145. The predicted molar refractivity (Wildman–Crippen MR) is 73.7 cm³/mol. The van der Waals surface area contributed by atoms with Gasteiger partial charge in [0.1, 0.15) is 0 Å². The van der Waals surface area contributed by atoms with E-state index in [4.69, 9.17) is 5.11 Å². The standard InChI is InChI=1S/C13H23NO3S/c1-4-18-11(9(2)3)12(15)14-7-5-6-10(8-14)13(16)17/h9-11H,4-8H2,1-3H3,(H,16,17)/t10-,11?/m0/s1. The maximum absolute atomic E-state index is 12.4. The summed E-state index contributed by atoms with van der Waals surface area (Å²) in [7, 11) is 0. The molecule has 0 spiro atoms. The van der Waals surface area contributed by atoms with Crippen molar-refractivity contribution in [1.29, 1.82) is 0 Å². The van der Waals surface area contributed by atoms with Crippen molar-refractivity contribution >= 4 is 23.6 Å². The van der Waals surface area contributed by atoms with Gasteiger partial charge < -0.3 is 10.0 Å². The first kappa shape index (κ1) is 15.3. The van der Waals surface area contributed by atoms with Crippen LogP contribution in [0.4, 0.5) is 0 Å². The number of rotatable bonds is 5. The van der Waals surface area contributed by atoms with Crippen LogP contribution in [0.15, 0.2) is 0 Å². The Labute approximate surface area is 113 Å². The van der Waals surface area contributed by atoms with Crippen molar-refractivity contribution in [2.24, 2.45) is 11.8 Å². The number of nitrogens with zero attached hydrogens (tertiary/aromatic N) is 1. The van der Waals surface area contributed by atoms with Crippen molar-refractivity contribution < 1.29 is 14.7 Å². The molecule has 0 bridgehead atoms. The monoisotopic (exact) mass is 273 g/mol. The van der Waals surface area contributed by atoms with Gasteiger partial charge >= 0.3 is 5.97 Å². The molecule has 0 radical (unpaired) electrons. The van der Waals surface area contributed by atoms with E-state index in [2.05, 4.69) is 0 Å². The van der Waals surface area contributed by atoms with Gasteiger partial charge in [0.2, 0.25) is 5.91 Å².